The number of hydrogen-bond donors (Lipinski definition) is 2. The van der Waals surface area contributed by atoms with E-state index in [2.05, 4.69) is 11.9 Å². The summed E-state index contributed by atoms with van der Waals surface area (Å²) in [5, 5.41) is 12.4. The Kier molecular flexibility index (Phi) is 9.88. The van der Waals surface area contributed by atoms with Crippen LogP contribution in [0.25, 0.3) is 0 Å². The number of ketones is 1. The quantitative estimate of drug-likeness (QED) is 0.227. The van der Waals surface area contributed by atoms with Crippen molar-refractivity contribution < 1.29 is 32.6 Å². The van der Waals surface area contributed by atoms with Gasteiger partial charge in [-0.2, -0.15) is 13.2 Å². The van der Waals surface area contributed by atoms with Crippen LogP contribution in [0.15, 0.2) is 64.8 Å². The lowest BCUT2D eigenvalue weighted by molar-refractivity contribution is -0.152. The number of carbonyl (C=O) groups is 2. The molecule has 0 radical (unpaired) electrons. The molecule has 0 aromatic heterocycles. The van der Waals surface area contributed by atoms with Crippen LogP contribution in [0.3, 0.4) is 0 Å². The number of alkyl halides is 3. The highest BCUT2D eigenvalue weighted by Crippen LogP contribution is 2.40. The van der Waals surface area contributed by atoms with Gasteiger partial charge in [0.2, 0.25) is 0 Å². The fourth-order valence-electron chi connectivity index (χ4n) is 3.56. The van der Waals surface area contributed by atoms with Crippen molar-refractivity contribution in [2.24, 2.45) is 5.92 Å². The van der Waals surface area contributed by atoms with E-state index in [4.69, 9.17) is 4.74 Å². The number of nitrogens with one attached hydrogen (secondary N) is 1. The standard InChI is InChI=1S/C28H34F3NO4S/c1-8-20(28(29,30)31)11-9-17(4)25-32-24(16(2)3)23(37-25)14-12-21(33)19-10-13-22(18(5)15-19)36-27(6,7)26(34)35/h8-11,13,15-16,25,32H,1,12,14H2,2-7H3,(H,34,35)/b17-9+,20-11+. The van der Waals surface area contributed by atoms with Crippen molar-refractivity contribution in [3.05, 3.63) is 75.9 Å². The second-order valence-corrected chi connectivity index (χ2v) is 10.9. The predicted octanol–water partition coefficient (Wildman–Crippen LogP) is 7.35. The summed E-state index contributed by atoms with van der Waals surface area (Å²) in [4.78, 5) is 25.3. The molecule has 9 heteroatoms. The van der Waals surface area contributed by atoms with E-state index in [-0.39, 0.29) is 23.5 Å². The molecule has 0 fully saturated rings. The first-order valence-electron chi connectivity index (χ1n) is 11.9. The number of hydrogen-bond acceptors (Lipinski definition) is 5. The summed E-state index contributed by atoms with van der Waals surface area (Å²) in [6.07, 6.45) is -0.455. The van der Waals surface area contributed by atoms with E-state index in [0.29, 0.717) is 23.3 Å². The summed E-state index contributed by atoms with van der Waals surface area (Å²) in [6.45, 7) is 13.7. The maximum atomic E-state index is 13.0. The van der Waals surface area contributed by atoms with Crippen LogP contribution >= 0.6 is 11.8 Å². The van der Waals surface area contributed by atoms with Crippen LogP contribution in [0, 0.1) is 12.8 Å². The van der Waals surface area contributed by atoms with Gasteiger partial charge in [0, 0.05) is 22.6 Å². The summed E-state index contributed by atoms with van der Waals surface area (Å²) in [5.74, 6) is -0.609. The number of carboxylic acid groups (broad SMARTS) is 1. The molecule has 1 aliphatic rings. The lowest BCUT2D eigenvalue weighted by Crippen LogP contribution is -2.38. The molecule has 0 aliphatic carbocycles. The molecule has 0 saturated carbocycles. The van der Waals surface area contributed by atoms with Crippen LogP contribution in [0.1, 0.15) is 63.4 Å². The minimum absolute atomic E-state index is 0.0669. The third-order valence-corrected chi connectivity index (χ3v) is 7.30. The van der Waals surface area contributed by atoms with Crippen LogP contribution in [0.4, 0.5) is 13.2 Å². The molecular formula is C28H34F3NO4S. The van der Waals surface area contributed by atoms with E-state index in [1.54, 1.807) is 32.0 Å². The molecule has 0 spiro atoms. The van der Waals surface area contributed by atoms with Crippen LogP contribution in [-0.2, 0) is 4.79 Å². The van der Waals surface area contributed by atoms with Crippen molar-refractivity contribution in [1.29, 1.82) is 0 Å². The van der Waals surface area contributed by atoms with Crippen LogP contribution in [-0.4, -0.2) is 34.0 Å². The Morgan fingerprint density at radius 3 is 2.41 bits per heavy atom. The van der Waals surface area contributed by atoms with Crippen LogP contribution in [0.5, 0.6) is 5.75 Å². The molecule has 1 aromatic rings. The summed E-state index contributed by atoms with van der Waals surface area (Å²) >= 11 is 1.51. The first kappa shape index (κ1) is 30.3. The topological polar surface area (TPSA) is 75.6 Å². The highest BCUT2D eigenvalue weighted by Gasteiger charge is 2.32. The van der Waals surface area contributed by atoms with E-state index in [9.17, 15) is 27.9 Å². The number of carbonyl (C=O) groups excluding carboxylic acids is 1. The van der Waals surface area contributed by atoms with E-state index in [1.165, 1.54) is 31.7 Å². The van der Waals surface area contributed by atoms with Crippen molar-refractivity contribution in [2.45, 2.75) is 71.5 Å². The zero-order valence-corrected chi connectivity index (χ0v) is 22.8. The number of allylic oxidation sites excluding steroid dienone is 6. The van der Waals surface area contributed by atoms with Gasteiger partial charge in [-0.05, 0) is 75.4 Å². The van der Waals surface area contributed by atoms with Crippen molar-refractivity contribution >= 4 is 23.5 Å². The Morgan fingerprint density at radius 1 is 1.24 bits per heavy atom. The fourth-order valence-corrected chi connectivity index (χ4v) is 4.94. The Morgan fingerprint density at radius 2 is 1.89 bits per heavy atom. The fraction of sp³-hybridized carbons (Fsp3) is 0.429. The summed E-state index contributed by atoms with van der Waals surface area (Å²) in [6, 6.07) is 4.92. The average Bonchev–Trinajstić information content (AvgIpc) is 3.22. The average molecular weight is 538 g/mol. The molecule has 1 aromatic carbocycles. The molecular weight excluding hydrogens is 503 g/mol. The van der Waals surface area contributed by atoms with Crippen LogP contribution < -0.4 is 10.1 Å². The van der Waals surface area contributed by atoms with E-state index < -0.39 is 23.3 Å². The van der Waals surface area contributed by atoms with Crippen molar-refractivity contribution in [1.82, 2.24) is 5.32 Å². The first-order chi connectivity index (χ1) is 17.1. The van der Waals surface area contributed by atoms with Gasteiger partial charge in [-0.1, -0.05) is 44.3 Å². The molecule has 5 nitrogen and oxygen atoms in total. The summed E-state index contributed by atoms with van der Waals surface area (Å²) in [7, 11) is 0. The number of aliphatic carboxylic acids is 1. The normalized spacial score (nSPS) is 17.2. The number of rotatable bonds is 11. The van der Waals surface area contributed by atoms with Gasteiger partial charge in [-0.25, -0.2) is 4.79 Å². The molecule has 1 unspecified atom stereocenters. The SMILES string of the molecule is C=C/C(=C\C=C(/C)C1NC(C(C)C)=C(CCC(=O)c2ccc(OC(C)(C)C(=O)O)c(C)c2)S1)C(F)(F)F. The van der Waals surface area contributed by atoms with E-state index in [0.717, 1.165) is 28.3 Å². The number of thioether (sulfide) groups is 1. The third kappa shape index (κ3) is 8.02. The Bertz CT molecular complexity index is 1150. The van der Waals surface area contributed by atoms with Gasteiger partial charge in [0.1, 0.15) is 5.75 Å². The van der Waals surface area contributed by atoms with Gasteiger partial charge in [-0.3, -0.25) is 4.79 Å². The molecule has 0 bridgehead atoms. The molecule has 202 valence electrons. The Labute approximate surface area is 220 Å². The second-order valence-electron chi connectivity index (χ2n) is 9.69. The monoisotopic (exact) mass is 537 g/mol. The number of benzene rings is 1. The van der Waals surface area contributed by atoms with Gasteiger partial charge in [-0.15, -0.1) is 0 Å². The zero-order valence-electron chi connectivity index (χ0n) is 22.0. The van der Waals surface area contributed by atoms with Gasteiger partial charge < -0.3 is 15.2 Å². The van der Waals surface area contributed by atoms with Crippen molar-refractivity contribution in [2.75, 3.05) is 0 Å². The largest absolute Gasteiger partial charge is 0.478 e. The zero-order chi connectivity index (χ0) is 28.1. The smallest absolute Gasteiger partial charge is 0.416 e. The molecule has 0 saturated heterocycles. The highest BCUT2D eigenvalue weighted by atomic mass is 32.2. The summed E-state index contributed by atoms with van der Waals surface area (Å²) < 4.78 is 44.6. The molecule has 2 N–H and O–H groups in total. The molecule has 1 aliphatic heterocycles. The van der Waals surface area contributed by atoms with Gasteiger partial charge in [0.25, 0.3) is 0 Å². The minimum atomic E-state index is -4.46. The Hall–Kier alpha value is -2.94. The highest BCUT2D eigenvalue weighted by molar-refractivity contribution is 8.04. The third-order valence-electron chi connectivity index (χ3n) is 5.87. The lowest BCUT2D eigenvalue weighted by Gasteiger charge is -2.23. The van der Waals surface area contributed by atoms with Crippen molar-refractivity contribution in [3.8, 4) is 5.75 Å². The number of halogens is 3. The molecule has 0 amide bonds. The van der Waals surface area contributed by atoms with Gasteiger partial charge in [0.15, 0.2) is 11.4 Å². The molecule has 1 heterocycles. The van der Waals surface area contributed by atoms with Crippen molar-refractivity contribution in [3.63, 3.8) is 0 Å². The lowest BCUT2D eigenvalue weighted by atomic mass is 10.0. The Balaban J connectivity index is 2.11. The maximum absolute atomic E-state index is 13.0. The van der Waals surface area contributed by atoms with Gasteiger partial charge in [0.05, 0.1) is 10.9 Å². The minimum Gasteiger partial charge on any atom is -0.478 e. The van der Waals surface area contributed by atoms with Gasteiger partial charge >= 0.3 is 12.1 Å². The molecule has 1 atom stereocenters. The predicted molar refractivity (Wildman–Crippen MR) is 142 cm³/mol. The molecule has 37 heavy (non-hydrogen) atoms. The maximum Gasteiger partial charge on any atom is 0.416 e. The first-order valence-corrected chi connectivity index (χ1v) is 12.8. The second kappa shape index (κ2) is 12.1. The summed E-state index contributed by atoms with van der Waals surface area (Å²) in [5.41, 5.74) is 0.657. The van der Waals surface area contributed by atoms with E-state index in [1.807, 2.05) is 13.8 Å². The number of aryl methyl sites for hydroxylation is 1. The molecule has 2 rings (SSSR count). The van der Waals surface area contributed by atoms with E-state index >= 15 is 0 Å². The number of Topliss-reactive ketones (excluding diaryl/α,β-unsaturated/α-hetero) is 1. The number of ether oxygens (including phenoxy) is 1. The number of carboxylic acids is 1. The van der Waals surface area contributed by atoms with Crippen LogP contribution in [0.2, 0.25) is 0 Å².